The Kier molecular flexibility index (Phi) is 4.00. The van der Waals surface area contributed by atoms with Crippen LogP contribution in [-0.4, -0.2) is 16.9 Å². The van der Waals surface area contributed by atoms with Gasteiger partial charge < -0.3 is 5.32 Å². The van der Waals surface area contributed by atoms with E-state index in [2.05, 4.69) is 10.3 Å². The maximum atomic E-state index is 12.3. The van der Waals surface area contributed by atoms with Gasteiger partial charge in [-0.3, -0.25) is 9.78 Å². The van der Waals surface area contributed by atoms with Crippen molar-refractivity contribution >= 4 is 5.91 Å². The first-order valence-electron chi connectivity index (χ1n) is 6.81. The van der Waals surface area contributed by atoms with Crippen LogP contribution in [0.5, 0.6) is 0 Å². The van der Waals surface area contributed by atoms with E-state index in [9.17, 15) is 4.79 Å². The third-order valence-corrected chi connectivity index (χ3v) is 3.91. The summed E-state index contributed by atoms with van der Waals surface area (Å²) in [6.07, 6.45) is 8.42. The lowest BCUT2D eigenvalue weighted by atomic mass is 9.93. The van der Waals surface area contributed by atoms with Gasteiger partial charge in [0.15, 0.2) is 0 Å². The molecule has 2 rings (SSSR count). The van der Waals surface area contributed by atoms with Crippen molar-refractivity contribution in [3.63, 3.8) is 0 Å². The van der Waals surface area contributed by atoms with Crippen molar-refractivity contribution in [3.05, 3.63) is 29.1 Å². The topological polar surface area (TPSA) is 42.0 Å². The molecule has 0 saturated heterocycles. The number of hydrogen-bond acceptors (Lipinski definition) is 2. The van der Waals surface area contributed by atoms with E-state index in [1.54, 1.807) is 0 Å². The fourth-order valence-electron chi connectivity index (χ4n) is 2.92. The molecule has 18 heavy (non-hydrogen) atoms. The van der Waals surface area contributed by atoms with E-state index in [0.717, 1.165) is 29.5 Å². The number of pyridine rings is 1. The van der Waals surface area contributed by atoms with Gasteiger partial charge in [0.05, 0.1) is 5.92 Å². The van der Waals surface area contributed by atoms with Crippen LogP contribution in [-0.2, 0) is 4.79 Å². The van der Waals surface area contributed by atoms with Gasteiger partial charge in [0.25, 0.3) is 0 Å². The lowest BCUT2D eigenvalue weighted by molar-refractivity contribution is -0.122. The highest BCUT2D eigenvalue weighted by Crippen LogP contribution is 2.24. The van der Waals surface area contributed by atoms with E-state index in [0.29, 0.717) is 6.04 Å². The summed E-state index contributed by atoms with van der Waals surface area (Å²) in [7, 11) is 0. The van der Waals surface area contributed by atoms with E-state index in [1.165, 1.54) is 12.8 Å². The van der Waals surface area contributed by atoms with E-state index < -0.39 is 0 Å². The number of hydrogen-bond donors (Lipinski definition) is 1. The zero-order chi connectivity index (χ0) is 13.1. The molecular formula is C15H22N2O. The van der Waals surface area contributed by atoms with Crippen LogP contribution in [0, 0.1) is 13.8 Å². The van der Waals surface area contributed by atoms with Crippen molar-refractivity contribution in [3.8, 4) is 0 Å². The molecule has 1 aliphatic rings. The smallest absolute Gasteiger partial charge is 0.227 e. The van der Waals surface area contributed by atoms with Gasteiger partial charge in [-0.25, -0.2) is 0 Å². The lowest BCUT2D eigenvalue weighted by Gasteiger charge is -2.19. The summed E-state index contributed by atoms with van der Waals surface area (Å²) < 4.78 is 0. The van der Waals surface area contributed by atoms with E-state index in [-0.39, 0.29) is 11.8 Å². The average Bonchev–Trinajstić information content (AvgIpc) is 2.81. The summed E-state index contributed by atoms with van der Waals surface area (Å²) in [5.41, 5.74) is 3.33. The third kappa shape index (κ3) is 2.71. The summed E-state index contributed by atoms with van der Waals surface area (Å²) in [6, 6.07) is 0.391. The van der Waals surface area contributed by atoms with Crippen molar-refractivity contribution in [2.75, 3.05) is 0 Å². The maximum Gasteiger partial charge on any atom is 0.227 e. The largest absolute Gasteiger partial charge is 0.353 e. The molecule has 1 aliphatic carbocycles. The fourth-order valence-corrected chi connectivity index (χ4v) is 2.92. The minimum Gasteiger partial charge on any atom is -0.353 e. The van der Waals surface area contributed by atoms with E-state index >= 15 is 0 Å². The van der Waals surface area contributed by atoms with Crippen LogP contribution in [0.15, 0.2) is 12.4 Å². The summed E-state index contributed by atoms with van der Waals surface area (Å²) in [4.78, 5) is 16.4. The van der Waals surface area contributed by atoms with Crippen molar-refractivity contribution in [1.82, 2.24) is 10.3 Å². The summed E-state index contributed by atoms with van der Waals surface area (Å²) in [5.74, 6) is 0.0629. The number of rotatable bonds is 3. The predicted molar refractivity (Wildman–Crippen MR) is 72.5 cm³/mol. The number of nitrogens with one attached hydrogen (secondary N) is 1. The van der Waals surface area contributed by atoms with Gasteiger partial charge in [-0.1, -0.05) is 12.8 Å². The molecule has 1 unspecified atom stereocenters. The molecule has 1 aromatic heterocycles. The van der Waals surface area contributed by atoms with Gasteiger partial charge in [-0.15, -0.1) is 0 Å². The molecule has 0 radical (unpaired) electrons. The molecule has 1 atom stereocenters. The van der Waals surface area contributed by atoms with Crippen molar-refractivity contribution in [2.24, 2.45) is 0 Å². The summed E-state index contributed by atoms with van der Waals surface area (Å²) >= 11 is 0. The minimum atomic E-state index is -0.0893. The highest BCUT2D eigenvalue weighted by Gasteiger charge is 2.23. The predicted octanol–water partition coefficient (Wildman–Crippen LogP) is 2.86. The summed E-state index contributed by atoms with van der Waals surface area (Å²) in [6.45, 7) is 6.03. The van der Waals surface area contributed by atoms with Crippen LogP contribution in [0.1, 0.15) is 55.2 Å². The quantitative estimate of drug-likeness (QED) is 0.891. The first-order chi connectivity index (χ1) is 8.59. The SMILES string of the molecule is Cc1cncc(C)c1C(C)C(=O)NC1CCCC1. The Hall–Kier alpha value is -1.38. The molecule has 0 spiro atoms. The van der Waals surface area contributed by atoms with Gasteiger partial charge in [0.2, 0.25) is 5.91 Å². The van der Waals surface area contributed by atoms with Crippen LogP contribution < -0.4 is 5.32 Å². The summed E-state index contributed by atoms with van der Waals surface area (Å²) in [5, 5.41) is 3.17. The molecule has 1 fully saturated rings. The van der Waals surface area contributed by atoms with Crippen molar-refractivity contribution in [1.29, 1.82) is 0 Å². The molecule has 1 N–H and O–H groups in total. The van der Waals surface area contributed by atoms with Gasteiger partial charge >= 0.3 is 0 Å². The van der Waals surface area contributed by atoms with Crippen molar-refractivity contribution in [2.45, 2.75) is 58.4 Å². The standard InChI is InChI=1S/C15H22N2O/c1-10-8-16-9-11(2)14(10)12(3)15(18)17-13-6-4-5-7-13/h8-9,12-13H,4-7H2,1-3H3,(H,17,18). The van der Waals surface area contributed by atoms with Crippen LogP contribution >= 0.6 is 0 Å². The highest BCUT2D eigenvalue weighted by molar-refractivity contribution is 5.84. The highest BCUT2D eigenvalue weighted by atomic mass is 16.1. The molecular weight excluding hydrogens is 224 g/mol. The molecule has 1 amide bonds. The van der Waals surface area contributed by atoms with Gasteiger partial charge in [-0.05, 0) is 50.3 Å². The second-order valence-electron chi connectivity index (χ2n) is 5.40. The molecule has 3 nitrogen and oxygen atoms in total. The molecule has 1 heterocycles. The van der Waals surface area contributed by atoms with Crippen LogP contribution in [0.25, 0.3) is 0 Å². The molecule has 0 aromatic carbocycles. The van der Waals surface area contributed by atoms with Gasteiger partial charge in [0.1, 0.15) is 0 Å². The number of aromatic nitrogens is 1. The van der Waals surface area contributed by atoms with E-state index in [4.69, 9.17) is 0 Å². The lowest BCUT2D eigenvalue weighted by Crippen LogP contribution is -2.36. The van der Waals surface area contributed by atoms with Crippen LogP contribution in [0.2, 0.25) is 0 Å². The van der Waals surface area contributed by atoms with E-state index in [1.807, 2.05) is 33.2 Å². The Labute approximate surface area is 109 Å². The average molecular weight is 246 g/mol. The van der Waals surface area contributed by atoms with Crippen LogP contribution in [0.3, 0.4) is 0 Å². The first kappa shape index (κ1) is 13.1. The minimum absolute atomic E-state index is 0.0893. The van der Waals surface area contributed by atoms with Crippen LogP contribution in [0.4, 0.5) is 0 Å². The Bertz CT molecular complexity index is 416. The third-order valence-electron chi connectivity index (χ3n) is 3.91. The Balaban J connectivity index is 2.10. The van der Waals surface area contributed by atoms with Crippen molar-refractivity contribution < 1.29 is 4.79 Å². The second kappa shape index (κ2) is 5.51. The number of nitrogens with zero attached hydrogens (tertiary/aromatic N) is 1. The molecule has 0 aliphatic heterocycles. The maximum absolute atomic E-state index is 12.3. The molecule has 0 bridgehead atoms. The number of amides is 1. The number of carbonyl (C=O) groups is 1. The zero-order valence-corrected chi connectivity index (χ0v) is 11.5. The number of carbonyl (C=O) groups excluding carboxylic acids is 1. The second-order valence-corrected chi connectivity index (χ2v) is 5.40. The zero-order valence-electron chi connectivity index (χ0n) is 11.5. The molecule has 1 aromatic rings. The molecule has 3 heteroatoms. The first-order valence-corrected chi connectivity index (χ1v) is 6.81. The fraction of sp³-hybridized carbons (Fsp3) is 0.600. The normalized spacial score (nSPS) is 17.7. The monoisotopic (exact) mass is 246 g/mol. The van der Waals surface area contributed by atoms with Gasteiger partial charge in [-0.2, -0.15) is 0 Å². The Morgan fingerprint density at radius 3 is 2.39 bits per heavy atom. The van der Waals surface area contributed by atoms with Gasteiger partial charge in [0, 0.05) is 18.4 Å². The number of aryl methyl sites for hydroxylation is 2. The molecule has 98 valence electrons. The Morgan fingerprint density at radius 1 is 1.28 bits per heavy atom. The Morgan fingerprint density at radius 2 is 1.83 bits per heavy atom. The molecule has 1 saturated carbocycles.